The minimum absolute atomic E-state index is 0.175. The van der Waals surface area contributed by atoms with Gasteiger partial charge >= 0.3 is 0 Å². The van der Waals surface area contributed by atoms with Gasteiger partial charge in [0.05, 0.1) is 0 Å². The number of hydrogen-bond donors (Lipinski definition) is 1. The molecule has 0 bridgehead atoms. The molecule has 1 N–H and O–H groups in total. The fraction of sp³-hybridized carbons (Fsp3) is 0.421. The van der Waals surface area contributed by atoms with Gasteiger partial charge in [0.25, 0.3) is 5.91 Å². The van der Waals surface area contributed by atoms with E-state index in [4.69, 9.17) is 0 Å². The molecule has 0 aliphatic carbocycles. The molecule has 0 aliphatic heterocycles. The van der Waals surface area contributed by atoms with Crippen LogP contribution in [0.5, 0.6) is 0 Å². The minimum Gasteiger partial charge on any atom is -0.347 e. The zero-order valence-electron chi connectivity index (χ0n) is 15.0. The highest BCUT2D eigenvalue weighted by Crippen LogP contribution is 2.10. The molecule has 0 atom stereocenters. The van der Waals surface area contributed by atoms with Crippen molar-refractivity contribution in [2.75, 3.05) is 18.5 Å². The Labute approximate surface area is 144 Å². The van der Waals surface area contributed by atoms with Crippen LogP contribution in [0.25, 0.3) is 0 Å². The van der Waals surface area contributed by atoms with Gasteiger partial charge in [-0.15, -0.1) is 0 Å². The molecule has 5 nitrogen and oxygen atoms in total. The molecule has 1 heterocycles. The number of carbonyl (C=O) groups excluding carboxylic acids is 1. The van der Waals surface area contributed by atoms with Crippen molar-refractivity contribution in [2.45, 2.75) is 40.2 Å². The standard InChI is InChI=1S/C19H26N4O/c1-5-6-11-23(4)19-21-15(3)12-17(22-19)18(24)20-13-16-9-7-14(2)8-10-16/h7-10,12H,5-6,11,13H2,1-4H3,(H,20,24). The molecule has 0 aliphatic rings. The van der Waals surface area contributed by atoms with Gasteiger partial charge in [0.2, 0.25) is 5.95 Å². The maximum atomic E-state index is 12.4. The predicted molar refractivity (Wildman–Crippen MR) is 97.3 cm³/mol. The van der Waals surface area contributed by atoms with Crippen LogP contribution in [0.4, 0.5) is 5.95 Å². The van der Waals surface area contributed by atoms with Crippen LogP contribution in [0.15, 0.2) is 30.3 Å². The summed E-state index contributed by atoms with van der Waals surface area (Å²) in [6.07, 6.45) is 2.18. The molecule has 128 valence electrons. The normalized spacial score (nSPS) is 10.5. The molecule has 2 rings (SSSR count). The van der Waals surface area contributed by atoms with Crippen LogP contribution >= 0.6 is 0 Å². The van der Waals surface area contributed by atoms with Gasteiger partial charge < -0.3 is 10.2 Å². The van der Waals surface area contributed by atoms with E-state index in [1.807, 2.05) is 50.1 Å². The Kier molecular flexibility index (Phi) is 6.29. The van der Waals surface area contributed by atoms with Crippen molar-refractivity contribution in [1.82, 2.24) is 15.3 Å². The average molecular weight is 326 g/mol. The van der Waals surface area contributed by atoms with Gasteiger partial charge in [-0.2, -0.15) is 0 Å². The van der Waals surface area contributed by atoms with Gasteiger partial charge in [-0.05, 0) is 31.9 Å². The number of amides is 1. The SMILES string of the molecule is CCCCN(C)c1nc(C)cc(C(=O)NCc2ccc(C)cc2)n1. The Morgan fingerprint density at radius 1 is 1.17 bits per heavy atom. The summed E-state index contributed by atoms with van der Waals surface area (Å²) in [6, 6.07) is 9.84. The zero-order valence-corrected chi connectivity index (χ0v) is 15.0. The number of aromatic nitrogens is 2. The number of rotatable bonds is 7. The highest BCUT2D eigenvalue weighted by molar-refractivity contribution is 5.92. The first kappa shape index (κ1) is 17.9. The Balaban J connectivity index is 2.05. The van der Waals surface area contributed by atoms with E-state index in [9.17, 15) is 4.79 Å². The summed E-state index contributed by atoms with van der Waals surface area (Å²) in [5, 5.41) is 2.92. The fourth-order valence-electron chi connectivity index (χ4n) is 2.31. The third kappa shape index (κ3) is 5.05. The highest BCUT2D eigenvalue weighted by atomic mass is 16.1. The first-order valence-electron chi connectivity index (χ1n) is 8.40. The summed E-state index contributed by atoms with van der Waals surface area (Å²) in [5.41, 5.74) is 3.48. The van der Waals surface area contributed by atoms with Crippen molar-refractivity contribution in [3.05, 3.63) is 52.8 Å². The predicted octanol–water partition coefficient (Wildman–Crippen LogP) is 3.26. The minimum atomic E-state index is -0.175. The summed E-state index contributed by atoms with van der Waals surface area (Å²) in [7, 11) is 1.96. The molecular weight excluding hydrogens is 300 g/mol. The quantitative estimate of drug-likeness (QED) is 0.848. The molecule has 0 saturated carbocycles. The Morgan fingerprint density at radius 2 is 1.88 bits per heavy atom. The lowest BCUT2D eigenvalue weighted by Gasteiger charge is -2.17. The molecule has 24 heavy (non-hydrogen) atoms. The van der Waals surface area contributed by atoms with Crippen LogP contribution in [-0.2, 0) is 6.54 Å². The second-order valence-corrected chi connectivity index (χ2v) is 6.14. The third-order valence-electron chi connectivity index (χ3n) is 3.84. The largest absolute Gasteiger partial charge is 0.347 e. The van der Waals surface area contributed by atoms with Gasteiger partial charge in [0.1, 0.15) is 5.69 Å². The number of hydrogen-bond acceptors (Lipinski definition) is 4. The summed E-state index contributed by atoms with van der Waals surface area (Å²) >= 11 is 0. The van der Waals surface area contributed by atoms with Crippen LogP contribution in [0, 0.1) is 13.8 Å². The van der Waals surface area contributed by atoms with Crippen molar-refractivity contribution < 1.29 is 4.79 Å². The maximum absolute atomic E-state index is 12.4. The van der Waals surface area contributed by atoms with Gasteiger partial charge in [-0.25, -0.2) is 9.97 Å². The van der Waals surface area contributed by atoms with Crippen LogP contribution in [0.2, 0.25) is 0 Å². The van der Waals surface area contributed by atoms with E-state index in [0.29, 0.717) is 18.2 Å². The summed E-state index contributed by atoms with van der Waals surface area (Å²) in [5.74, 6) is 0.426. The fourth-order valence-corrected chi connectivity index (χ4v) is 2.31. The maximum Gasteiger partial charge on any atom is 0.270 e. The molecule has 1 aromatic heterocycles. The summed E-state index contributed by atoms with van der Waals surface area (Å²) in [4.78, 5) is 23.2. The summed E-state index contributed by atoms with van der Waals surface area (Å²) in [6.45, 7) is 7.45. The lowest BCUT2D eigenvalue weighted by Crippen LogP contribution is -2.26. The summed E-state index contributed by atoms with van der Waals surface area (Å²) < 4.78 is 0. The number of benzene rings is 1. The lowest BCUT2D eigenvalue weighted by molar-refractivity contribution is 0.0945. The molecule has 0 radical (unpaired) electrons. The van der Waals surface area contributed by atoms with Crippen molar-refractivity contribution in [1.29, 1.82) is 0 Å². The molecule has 0 unspecified atom stereocenters. The monoisotopic (exact) mass is 326 g/mol. The van der Waals surface area contributed by atoms with E-state index in [-0.39, 0.29) is 5.91 Å². The first-order chi connectivity index (χ1) is 11.5. The van der Waals surface area contributed by atoms with E-state index in [1.54, 1.807) is 6.07 Å². The zero-order chi connectivity index (χ0) is 17.5. The molecular formula is C19H26N4O. The highest BCUT2D eigenvalue weighted by Gasteiger charge is 2.12. The van der Waals surface area contributed by atoms with E-state index >= 15 is 0 Å². The Hall–Kier alpha value is -2.43. The van der Waals surface area contributed by atoms with Crippen LogP contribution in [-0.4, -0.2) is 29.5 Å². The van der Waals surface area contributed by atoms with Crippen molar-refractivity contribution in [2.24, 2.45) is 0 Å². The van der Waals surface area contributed by atoms with E-state index in [1.165, 1.54) is 5.56 Å². The van der Waals surface area contributed by atoms with E-state index < -0.39 is 0 Å². The molecule has 1 amide bonds. The van der Waals surface area contributed by atoms with Crippen molar-refractivity contribution >= 4 is 11.9 Å². The molecule has 5 heteroatoms. The number of nitrogens with zero attached hydrogens (tertiary/aromatic N) is 3. The number of nitrogens with one attached hydrogen (secondary N) is 1. The van der Waals surface area contributed by atoms with E-state index in [0.717, 1.165) is 30.6 Å². The van der Waals surface area contributed by atoms with Crippen molar-refractivity contribution in [3.63, 3.8) is 0 Å². The van der Waals surface area contributed by atoms with Gasteiger partial charge in [-0.3, -0.25) is 4.79 Å². The van der Waals surface area contributed by atoms with Gasteiger partial charge in [-0.1, -0.05) is 43.2 Å². The molecule has 1 aromatic carbocycles. The number of anilines is 1. The number of aryl methyl sites for hydroxylation is 2. The van der Waals surface area contributed by atoms with Crippen LogP contribution in [0.1, 0.15) is 47.1 Å². The Morgan fingerprint density at radius 3 is 2.54 bits per heavy atom. The molecule has 0 fully saturated rings. The smallest absolute Gasteiger partial charge is 0.270 e. The topological polar surface area (TPSA) is 58.1 Å². The van der Waals surface area contributed by atoms with Crippen LogP contribution in [0.3, 0.4) is 0 Å². The molecule has 0 spiro atoms. The Bertz CT molecular complexity index is 682. The van der Waals surface area contributed by atoms with Crippen LogP contribution < -0.4 is 10.2 Å². The third-order valence-corrected chi connectivity index (χ3v) is 3.84. The van der Waals surface area contributed by atoms with E-state index in [2.05, 4.69) is 22.2 Å². The average Bonchev–Trinajstić information content (AvgIpc) is 2.58. The second kappa shape index (κ2) is 8.43. The van der Waals surface area contributed by atoms with Gasteiger partial charge in [0.15, 0.2) is 0 Å². The second-order valence-electron chi connectivity index (χ2n) is 6.14. The number of unbranched alkanes of at least 4 members (excludes halogenated alkanes) is 1. The first-order valence-corrected chi connectivity index (χ1v) is 8.40. The van der Waals surface area contributed by atoms with Crippen molar-refractivity contribution in [3.8, 4) is 0 Å². The van der Waals surface area contributed by atoms with Gasteiger partial charge in [0, 0.05) is 25.8 Å². The molecule has 2 aromatic rings. The molecule has 0 saturated heterocycles. The number of carbonyl (C=O) groups is 1. The lowest BCUT2D eigenvalue weighted by atomic mass is 10.1.